The van der Waals surface area contributed by atoms with Gasteiger partial charge in [0.2, 0.25) is 0 Å². The highest BCUT2D eigenvalue weighted by molar-refractivity contribution is 5.44. The lowest BCUT2D eigenvalue weighted by atomic mass is 9.57. The van der Waals surface area contributed by atoms with E-state index in [0.717, 1.165) is 63.7 Å². The van der Waals surface area contributed by atoms with Gasteiger partial charge in [-0.2, -0.15) is 0 Å². The Balaban J connectivity index is 1.42. The third-order valence-electron chi connectivity index (χ3n) is 9.89. The van der Waals surface area contributed by atoms with Gasteiger partial charge in [-0.15, -0.1) is 0 Å². The van der Waals surface area contributed by atoms with Crippen molar-refractivity contribution < 1.29 is 9.84 Å². The highest BCUT2D eigenvalue weighted by Crippen LogP contribution is 2.53. The Morgan fingerprint density at radius 3 is 2.32 bits per heavy atom. The Labute approximate surface area is 207 Å². The van der Waals surface area contributed by atoms with Crippen LogP contribution in [-0.4, -0.2) is 90.9 Å². The molecule has 1 aromatic carbocycles. The molecule has 4 aliphatic rings. The largest absolute Gasteiger partial charge is 0.497 e. The summed E-state index contributed by atoms with van der Waals surface area (Å²) in [6.45, 7) is 13.7. The summed E-state index contributed by atoms with van der Waals surface area (Å²) >= 11 is 0. The smallest absolute Gasteiger partial charge is 0.119 e. The number of likely N-dealkylation sites (tertiary alicyclic amines) is 3. The molecule has 34 heavy (non-hydrogen) atoms. The summed E-state index contributed by atoms with van der Waals surface area (Å²) in [6.07, 6.45) is 9.75. The van der Waals surface area contributed by atoms with Gasteiger partial charge in [0, 0.05) is 37.6 Å². The molecule has 5 rings (SSSR count). The lowest BCUT2D eigenvalue weighted by Crippen LogP contribution is -2.68. The average molecular weight is 470 g/mol. The van der Waals surface area contributed by atoms with E-state index in [0.29, 0.717) is 0 Å². The van der Waals surface area contributed by atoms with Crippen LogP contribution < -0.4 is 4.74 Å². The summed E-state index contributed by atoms with van der Waals surface area (Å²) in [5, 5.41) is 12.8. The maximum Gasteiger partial charge on any atom is 0.119 e. The zero-order valence-electron chi connectivity index (χ0n) is 21.9. The third kappa shape index (κ3) is 4.66. The van der Waals surface area contributed by atoms with Crippen molar-refractivity contribution in [2.75, 3.05) is 59.5 Å². The number of piperidine rings is 2. The maximum atomic E-state index is 12.8. The maximum absolute atomic E-state index is 12.8. The number of benzene rings is 1. The molecule has 0 radical (unpaired) electrons. The molecule has 3 unspecified atom stereocenters. The van der Waals surface area contributed by atoms with Gasteiger partial charge in [0.15, 0.2) is 0 Å². The van der Waals surface area contributed by atoms with E-state index in [1.165, 1.54) is 62.9 Å². The normalized spacial score (nSPS) is 33.9. The van der Waals surface area contributed by atoms with Gasteiger partial charge in [0.05, 0.1) is 12.7 Å². The number of rotatable bonds is 7. The van der Waals surface area contributed by atoms with Crippen molar-refractivity contribution in [3.05, 3.63) is 29.3 Å². The molecule has 0 aromatic heterocycles. The van der Waals surface area contributed by atoms with Crippen LogP contribution in [0.15, 0.2) is 18.2 Å². The summed E-state index contributed by atoms with van der Waals surface area (Å²) in [5.74, 6) is 1.76. The lowest BCUT2D eigenvalue weighted by molar-refractivity contribution is -0.136. The third-order valence-corrected chi connectivity index (χ3v) is 9.89. The summed E-state index contributed by atoms with van der Waals surface area (Å²) in [7, 11) is 1.76. The summed E-state index contributed by atoms with van der Waals surface area (Å²) in [5.41, 5.74) is 1.68. The molecule has 1 saturated carbocycles. The molecule has 0 bridgehead atoms. The van der Waals surface area contributed by atoms with Crippen LogP contribution in [0.1, 0.15) is 69.4 Å². The van der Waals surface area contributed by atoms with Crippen molar-refractivity contribution in [3.8, 4) is 5.75 Å². The first-order chi connectivity index (χ1) is 16.4. The Hall–Kier alpha value is -1.14. The van der Waals surface area contributed by atoms with Crippen LogP contribution in [0.3, 0.4) is 0 Å². The molecule has 1 aromatic rings. The Kier molecular flexibility index (Phi) is 7.28. The van der Waals surface area contributed by atoms with Gasteiger partial charge in [0.1, 0.15) is 5.75 Å². The van der Waals surface area contributed by atoms with E-state index < -0.39 is 5.60 Å². The number of aryl methyl sites for hydroxylation is 1. The van der Waals surface area contributed by atoms with Crippen molar-refractivity contribution in [2.45, 2.75) is 82.3 Å². The first-order valence-corrected chi connectivity index (χ1v) is 14.0. The highest BCUT2D eigenvalue weighted by atomic mass is 16.5. The zero-order valence-corrected chi connectivity index (χ0v) is 21.9. The molecule has 1 aliphatic carbocycles. The highest BCUT2D eigenvalue weighted by Gasteiger charge is 2.59. The second-order valence-corrected chi connectivity index (χ2v) is 11.8. The molecule has 190 valence electrons. The van der Waals surface area contributed by atoms with Crippen LogP contribution in [0.4, 0.5) is 0 Å². The van der Waals surface area contributed by atoms with Crippen LogP contribution >= 0.6 is 0 Å². The van der Waals surface area contributed by atoms with E-state index >= 15 is 0 Å². The number of ether oxygens (including phenoxy) is 1. The van der Waals surface area contributed by atoms with Gasteiger partial charge >= 0.3 is 0 Å². The molecule has 3 heterocycles. The molecular formula is C29H47N3O2. The second-order valence-electron chi connectivity index (χ2n) is 11.8. The van der Waals surface area contributed by atoms with Gasteiger partial charge in [-0.05, 0) is 114 Å². The van der Waals surface area contributed by atoms with Crippen LogP contribution in [0.5, 0.6) is 5.75 Å². The van der Waals surface area contributed by atoms with E-state index in [-0.39, 0.29) is 11.5 Å². The van der Waals surface area contributed by atoms with E-state index in [1.807, 2.05) is 0 Å². The monoisotopic (exact) mass is 469 g/mol. The van der Waals surface area contributed by atoms with Crippen molar-refractivity contribution >= 4 is 0 Å². The molecule has 3 saturated heterocycles. The van der Waals surface area contributed by atoms with Crippen LogP contribution in [0.25, 0.3) is 0 Å². The van der Waals surface area contributed by atoms with Gasteiger partial charge in [0.25, 0.3) is 0 Å². The fraction of sp³-hybridized carbons (Fsp3) is 0.793. The number of hydrogen-bond acceptors (Lipinski definition) is 5. The van der Waals surface area contributed by atoms with Crippen LogP contribution in [-0.2, 0) is 5.41 Å². The van der Waals surface area contributed by atoms with Crippen LogP contribution in [0.2, 0.25) is 0 Å². The number of methoxy groups -OCH3 is 1. The van der Waals surface area contributed by atoms with Gasteiger partial charge in [-0.3, -0.25) is 4.90 Å². The molecule has 4 fully saturated rings. The molecule has 5 nitrogen and oxygen atoms in total. The van der Waals surface area contributed by atoms with Gasteiger partial charge < -0.3 is 19.6 Å². The fourth-order valence-electron chi connectivity index (χ4n) is 7.34. The molecular weight excluding hydrogens is 422 g/mol. The van der Waals surface area contributed by atoms with E-state index in [9.17, 15) is 5.11 Å². The van der Waals surface area contributed by atoms with Crippen LogP contribution in [0, 0.1) is 12.8 Å². The lowest BCUT2D eigenvalue weighted by Gasteiger charge is -2.58. The Bertz CT molecular complexity index is 837. The quantitative estimate of drug-likeness (QED) is 0.652. The van der Waals surface area contributed by atoms with Crippen molar-refractivity contribution in [3.63, 3.8) is 0 Å². The zero-order chi connectivity index (χ0) is 23.8. The second kappa shape index (κ2) is 10.1. The van der Waals surface area contributed by atoms with Crippen molar-refractivity contribution in [1.82, 2.24) is 14.7 Å². The minimum Gasteiger partial charge on any atom is -0.497 e. The molecule has 0 amide bonds. The first kappa shape index (κ1) is 24.5. The number of hydrogen-bond donors (Lipinski definition) is 1. The summed E-state index contributed by atoms with van der Waals surface area (Å²) in [4.78, 5) is 7.92. The van der Waals surface area contributed by atoms with Gasteiger partial charge in [-0.25, -0.2) is 0 Å². The Morgan fingerprint density at radius 2 is 1.62 bits per heavy atom. The van der Waals surface area contributed by atoms with Gasteiger partial charge in [-0.1, -0.05) is 12.5 Å². The molecule has 3 aliphatic heterocycles. The number of nitrogens with zero attached hydrogens (tertiary/aromatic N) is 3. The Morgan fingerprint density at radius 1 is 0.941 bits per heavy atom. The predicted molar refractivity (Wildman–Crippen MR) is 139 cm³/mol. The standard InChI is InChI=1S/C29H47N3O2/c1-23-7-10-26(34-3)21-27(23)28-11-16-31(20-19-30-14-5-4-6-15-30)17-13-29(28,33)24(2)32(18-12-28)22-25-8-9-25/h7,10,21,24-25,33H,4-6,8-9,11-20,22H2,1-3H3. The molecule has 1 N–H and O–H groups in total. The predicted octanol–water partition coefficient (Wildman–Crippen LogP) is 4.06. The van der Waals surface area contributed by atoms with E-state index in [4.69, 9.17) is 4.74 Å². The molecule has 3 atom stereocenters. The fourth-order valence-corrected chi connectivity index (χ4v) is 7.34. The molecule has 5 heteroatoms. The summed E-state index contributed by atoms with van der Waals surface area (Å²) < 4.78 is 5.67. The first-order valence-electron chi connectivity index (χ1n) is 14.0. The minimum atomic E-state index is -0.725. The number of fused-ring (bicyclic) bond motifs is 1. The number of aliphatic hydroxyl groups is 1. The minimum absolute atomic E-state index is 0.175. The van der Waals surface area contributed by atoms with E-state index in [1.54, 1.807) is 7.11 Å². The van der Waals surface area contributed by atoms with Crippen molar-refractivity contribution in [2.24, 2.45) is 5.92 Å². The average Bonchev–Trinajstić information content (AvgIpc) is 3.69. The van der Waals surface area contributed by atoms with Crippen molar-refractivity contribution in [1.29, 1.82) is 0 Å². The molecule has 0 spiro atoms. The topological polar surface area (TPSA) is 39.2 Å². The SMILES string of the molecule is COc1ccc(C)c(C23CCN(CCN4CCCCC4)CCC2(O)C(C)N(CC2CC2)CC3)c1. The summed E-state index contributed by atoms with van der Waals surface area (Å²) in [6, 6.07) is 6.69. The van der Waals surface area contributed by atoms with E-state index in [2.05, 4.69) is 46.7 Å².